The Kier molecular flexibility index (Phi) is 7.62. The molecule has 2 rings (SSSR count). The Balaban J connectivity index is 1.86. The molecular weight excluding hydrogens is 367 g/mol. The fourth-order valence-corrected chi connectivity index (χ4v) is 2.38. The zero-order valence-corrected chi connectivity index (χ0v) is 16.0. The molecule has 0 aliphatic rings. The molecule has 2 aromatic rings. The maximum atomic E-state index is 13.8. The van der Waals surface area contributed by atoms with E-state index in [1.54, 1.807) is 44.2 Å². The Labute approximate surface area is 162 Å². The van der Waals surface area contributed by atoms with Gasteiger partial charge in [0.25, 0.3) is 0 Å². The van der Waals surface area contributed by atoms with Gasteiger partial charge in [0, 0.05) is 5.69 Å². The molecule has 2 N–H and O–H groups in total. The number of benzene rings is 2. The van der Waals surface area contributed by atoms with E-state index in [9.17, 15) is 14.0 Å². The van der Waals surface area contributed by atoms with Crippen molar-refractivity contribution in [3.8, 4) is 11.5 Å². The lowest BCUT2D eigenvalue weighted by molar-refractivity contribution is -0.145. The summed E-state index contributed by atoms with van der Waals surface area (Å²) in [4.78, 5) is 23.4. The molecule has 28 heavy (non-hydrogen) atoms. The molecule has 0 heterocycles. The quantitative estimate of drug-likeness (QED) is 0.672. The highest BCUT2D eigenvalue weighted by Crippen LogP contribution is 2.22. The molecule has 0 fully saturated rings. The second kappa shape index (κ2) is 10.1. The van der Waals surface area contributed by atoms with Crippen molar-refractivity contribution in [1.29, 1.82) is 0 Å². The Hall–Kier alpha value is -3.29. The van der Waals surface area contributed by atoms with Crippen LogP contribution in [0.3, 0.4) is 0 Å². The van der Waals surface area contributed by atoms with Crippen LogP contribution in [0.1, 0.15) is 25.5 Å². The molecule has 1 atom stereocenters. The zero-order chi connectivity index (χ0) is 20.5. The minimum absolute atomic E-state index is 0.144. The van der Waals surface area contributed by atoms with E-state index in [2.05, 4.69) is 10.6 Å². The monoisotopic (exact) mass is 390 g/mol. The molecule has 2 amide bonds. The third kappa shape index (κ3) is 6.15. The number of nitrogens with one attached hydrogen (secondary N) is 2. The number of halogens is 1. The van der Waals surface area contributed by atoms with Gasteiger partial charge in [-0.3, -0.25) is 0 Å². The van der Waals surface area contributed by atoms with Crippen molar-refractivity contribution in [2.24, 2.45) is 0 Å². The van der Waals surface area contributed by atoms with Crippen molar-refractivity contribution in [1.82, 2.24) is 5.32 Å². The van der Waals surface area contributed by atoms with E-state index in [-0.39, 0.29) is 12.4 Å². The summed E-state index contributed by atoms with van der Waals surface area (Å²) in [5, 5.41) is 5.40. The third-order valence-corrected chi connectivity index (χ3v) is 3.80. The second-order valence-electron chi connectivity index (χ2n) is 5.83. The van der Waals surface area contributed by atoms with Gasteiger partial charge >= 0.3 is 12.0 Å². The van der Waals surface area contributed by atoms with Crippen LogP contribution in [0.25, 0.3) is 0 Å². The molecule has 0 saturated heterocycles. The standard InChI is InChI=1S/C20H23FN2O5/c1-4-27-19(24)12-28-16-8-6-15(7-9-16)23-20(25)22-13(2)14-5-10-18(26-3)17(21)11-14/h5-11,13H,4,12H2,1-3H3,(H2,22,23,25). The second-order valence-corrected chi connectivity index (χ2v) is 5.83. The van der Waals surface area contributed by atoms with Gasteiger partial charge < -0.3 is 24.8 Å². The smallest absolute Gasteiger partial charge is 0.344 e. The summed E-state index contributed by atoms with van der Waals surface area (Å²) < 4.78 is 28.7. The molecule has 8 heteroatoms. The number of urea groups is 1. The predicted octanol–water partition coefficient (Wildman–Crippen LogP) is 3.66. The number of hydrogen-bond donors (Lipinski definition) is 2. The molecule has 0 aliphatic heterocycles. The summed E-state index contributed by atoms with van der Waals surface area (Å²) in [6, 6.07) is 10.2. The Morgan fingerprint density at radius 3 is 2.46 bits per heavy atom. The number of esters is 1. The summed E-state index contributed by atoms with van der Waals surface area (Å²) in [5.41, 5.74) is 1.14. The van der Waals surface area contributed by atoms with Crippen LogP contribution < -0.4 is 20.1 Å². The lowest BCUT2D eigenvalue weighted by atomic mass is 10.1. The summed E-state index contributed by atoms with van der Waals surface area (Å²) in [5.74, 6) is -0.327. The molecule has 0 spiro atoms. The molecule has 7 nitrogen and oxygen atoms in total. The highest BCUT2D eigenvalue weighted by molar-refractivity contribution is 5.89. The van der Waals surface area contributed by atoms with Gasteiger partial charge in [0.05, 0.1) is 19.8 Å². The van der Waals surface area contributed by atoms with E-state index in [1.807, 2.05) is 0 Å². The first-order valence-electron chi connectivity index (χ1n) is 8.72. The van der Waals surface area contributed by atoms with Crippen molar-refractivity contribution in [2.45, 2.75) is 19.9 Å². The number of methoxy groups -OCH3 is 1. The Bertz CT molecular complexity index is 811. The van der Waals surface area contributed by atoms with Gasteiger partial charge in [-0.15, -0.1) is 0 Å². The van der Waals surface area contributed by atoms with Crippen LogP contribution in [-0.4, -0.2) is 32.3 Å². The maximum Gasteiger partial charge on any atom is 0.344 e. The number of hydrogen-bond acceptors (Lipinski definition) is 5. The molecular formula is C20H23FN2O5. The Morgan fingerprint density at radius 1 is 1.14 bits per heavy atom. The van der Waals surface area contributed by atoms with Crippen molar-refractivity contribution in [3.05, 3.63) is 53.8 Å². The fraction of sp³-hybridized carbons (Fsp3) is 0.300. The van der Waals surface area contributed by atoms with Crippen LogP contribution in [0.4, 0.5) is 14.9 Å². The first kappa shape index (κ1) is 21.0. The van der Waals surface area contributed by atoms with E-state index in [0.29, 0.717) is 23.6 Å². The van der Waals surface area contributed by atoms with Crippen molar-refractivity contribution in [3.63, 3.8) is 0 Å². The first-order chi connectivity index (χ1) is 13.4. The van der Waals surface area contributed by atoms with E-state index in [4.69, 9.17) is 14.2 Å². The predicted molar refractivity (Wildman–Crippen MR) is 102 cm³/mol. The zero-order valence-electron chi connectivity index (χ0n) is 16.0. The fourth-order valence-electron chi connectivity index (χ4n) is 2.38. The SMILES string of the molecule is CCOC(=O)COc1ccc(NC(=O)NC(C)c2ccc(OC)c(F)c2)cc1. The van der Waals surface area contributed by atoms with E-state index >= 15 is 0 Å². The van der Waals surface area contributed by atoms with Crippen LogP contribution in [0, 0.1) is 5.82 Å². The van der Waals surface area contributed by atoms with E-state index < -0.39 is 23.9 Å². The van der Waals surface area contributed by atoms with Crippen molar-refractivity contribution < 1.29 is 28.2 Å². The Morgan fingerprint density at radius 2 is 1.86 bits per heavy atom. The minimum Gasteiger partial charge on any atom is -0.494 e. The van der Waals surface area contributed by atoms with Crippen LogP contribution in [0.15, 0.2) is 42.5 Å². The average Bonchev–Trinajstić information content (AvgIpc) is 2.67. The van der Waals surface area contributed by atoms with Gasteiger partial charge in [0.1, 0.15) is 5.75 Å². The molecule has 0 bridgehead atoms. The first-order valence-corrected chi connectivity index (χ1v) is 8.72. The number of anilines is 1. The molecule has 2 aromatic carbocycles. The third-order valence-electron chi connectivity index (χ3n) is 3.80. The van der Waals surface area contributed by atoms with E-state index in [0.717, 1.165) is 0 Å². The number of carbonyl (C=O) groups excluding carboxylic acids is 2. The molecule has 150 valence electrons. The number of ether oxygens (including phenoxy) is 3. The molecule has 1 unspecified atom stereocenters. The number of rotatable bonds is 8. The number of carbonyl (C=O) groups is 2. The van der Waals surface area contributed by atoms with Gasteiger partial charge in [-0.05, 0) is 55.8 Å². The summed E-state index contributed by atoms with van der Waals surface area (Å²) in [7, 11) is 1.39. The average molecular weight is 390 g/mol. The van der Waals surface area contributed by atoms with Crippen LogP contribution in [-0.2, 0) is 9.53 Å². The minimum atomic E-state index is -0.493. The van der Waals surface area contributed by atoms with Crippen LogP contribution in [0.5, 0.6) is 11.5 Å². The highest BCUT2D eigenvalue weighted by atomic mass is 19.1. The summed E-state index contributed by atoms with van der Waals surface area (Å²) >= 11 is 0. The lowest BCUT2D eigenvalue weighted by Crippen LogP contribution is -2.31. The largest absolute Gasteiger partial charge is 0.494 e. The van der Waals surface area contributed by atoms with E-state index in [1.165, 1.54) is 19.2 Å². The normalized spacial score (nSPS) is 11.3. The topological polar surface area (TPSA) is 85.9 Å². The number of amides is 2. The van der Waals surface area contributed by atoms with Gasteiger partial charge in [0.2, 0.25) is 0 Å². The van der Waals surface area contributed by atoms with Crippen LogP contribution >= 0.6 is 0 Å². The lowest BCUT2D eigenvalue weighted by Gasteiger charge is -2.16. The van der Waals surface area contributed by atoms with Gasteiger partial charge in [-0.25, -0.2) is 14.0 Å². The molecule has 0 saturated carbocycles. The molecule has 0 radical (unpaired) electrons. The molecule has 0 aliphatic carbocycles. The van der Waals surface area contributed by atoms with Crippen LogP contribution in [0.2, 0.25) is 0 Å². The van der Waals surface area contributed by atoms with Gasteiger partial charge in [-0.2, -0.15) is 0 Å². The van der Waals surface area contributed by atoms with Gasteiger partial charge in [0.15, 0.2) is 18.2 Å². The van der Waals surface area contributed by atoms with Crippen molar-refractivity contribution >= 4 is 17.7 Å². The maximum absolute atomic E-state index is 13.8. The highest BCUT2D eigenvalue weighted by Gasteiger charge is 2.12. The van der Waals surface area contributed by atoms with Crippen molar-refractivity contribution in [2.75, 3.05) is 25.6 Å². The van der Waals surface area contributed by atoms with Gasteiger partial charge in [-0.1, -0.05) is 6.07 Å². The summed E-state index contributed by atoms with van der Waals surface area (Å²) in [6.07, 6.45) is 0. The molecule has 0 aromatic heterocycles. The summed E-state index contributed by atoms with van der Waals surface area (Å²) in [6.45, 7) is 3.57.